The number of fused-ring (bicyclic) bond motifs is 2. The fourth-order valence-corrected chi connectivity index (χ4v) is 9.63. The van der Waals surface area contributed by atoms with Gasteiger partial charge in [0.05, 0.1) is 0 Å². The number of hydrogen-bond donors (Lipinski definition) is 0. The van der Waals surface area contributed by atoms with Gasteiger partial charge in [-0.1, -0.05) is 119 Å². The molecular formula is C54H56I2O4. The maximum Gasteiger partial charge on any atom is 0.308 e. The predicted octanol–water partition coefficient (Wildman–Crippen LogP) is 15.0. The summed E-state index contributed by atoms with van der Waals surface area (Å²) in [5, 5.41) is 4.30. The second kappa shape index (κ2) is 16.6. The second-order valence-electron chi connectivity index (χ2n) is 20.0. The molecule has 310 valence electrons. The van der Waals surface area contributed by atoms with E-state index in [0.29, 0.717) is 11.5 Å². The second-order valence-corrected chi connectivity index (χ2v) is 22.5. The largest absolute Gasteiger partial charge is 0.426 e. The molecule has 0 aliphatic heterocycles. The first-order valence-corrected chi connectivity index (χ1v) is 22.6. The average Bonchev–Trinajstić information content (AvgIpc) is 3.10. The van der Waals surface area contributed by atoms with Crippen molar-refractivity contribution in [3.63, 3.8) is 0 Å². The van der Waals surface area contributed by atoms with E-state index in [9.17, 15) is 9.59 Å². The molecular weight excluding hydrogens is 966 g/mol. The molecule has 0 N–H and O–H groups in total. The summed E-state index contributed by atoms with van der Waals surface area (Å²) in [5.74, 6) is 7.89. The molecule has 0 aromatic heterocycles. The summed E-state index contributed by atoms with van der Waals surface area (Å²) >= 11 is 4.71. The lowest BCUT2D eigenvalue weighted by Gasteiger charge is -2.30. The monoisotopic (exact) mass is 1020 g/mol. The van der Waals surface area contributed by atoms with Gasteiger partial charge in [0.1, 0.15) is 11.5 Å². The molecule has 0 bridgehead atoms. The lowest BCUT2D eigenvalue weighted by atomic mass is 9.77. The standard InChI is InChI=1S/C54H56I2O4/c1-31(57)59-49-45(51(3,4)5)26-38(27-46(49)52(6,7)8)34-16-18-36-23-37-19-17-35(25-44(37)42(43(36)24-34)20-15-33-21-40(55)30-41(56)22-33)39-28-47(53(9,10)11)50(60-32(2)58)48(29-39)54(12,13)14/h16-19,21-30H,1-14H3. The van der Waals surface area contributed by atoms with Crippen LogP contribution in [0, 0.1) is 19.0 Å². The third-order valence-corrected chi connectivity index (χ3v) is 12.0. The van der Waals surface area contributed by atoms with E-state index in [4.69, 9.17) is 9.47 Å². The minimum atomic E-state index is -0.327. The number of halogens is 2. The van der Waals surface area contributed by atoms with Crippen LogP contribution in [-0.4, -0.2) is 11.9 Å². The van der Waals surface area contributed by atoms with Crippen molar-refractivity contribution >= 4 is 78.7 Å². The fraction of sp³-hybridized carbons (Fsp3) is 0.333. The SMILES string of the molecule is CC(=O)Oc1c(C(C)(C)C)cc(-c2ccc3cc4ccc(-c5cc(C(C)(C)C)c(OC(C)=O)c(C(C)(C)C)c5)cc4c(C#Cc4cc(I)cc(I)c4)c3c2)cc1C(C)(C)C. The average molecular weight is 1020 g/mol. The third kappa shape index (κ3) is 9.95. The van der Waals surface area contributed by atoms with Gasteiger partial charge < -0.3 is 9.47 Å². The minimum Gasteiger partial charge on any atom is -0.426 e. The summed E-state index contributed by atoms with van der Waals surface area (Å²) in [6, 6.07) is 30.7. The molecule has 0 heterocycles. The Labute approximate surface area is 384 Å². The van der Waals surface area contributed by atoms with Crippen LogP contribution in [0.4, 0.5) is 0 Å². The van der Waals surface area contributed by atoms with Gasteiger partial charge in [0.2, 0.25) is 0 Å². The number of carbonyl (C=O) groups is 2. The Morgan fingerprint density at radius 2 is 0.800 bits per heavy atom. The summed E-state index contributed by atoms with van der Waals surface area (Å²) in [5.41, 5.74) is 8.92. The number of carbonyl (C=O) groups excluding carboxylic acids is 2. The van der Waals surface area contributed by atoms with E-state index in [1.54, 1.807) is 0 Å². The van der Waals surface area contributed by atoms with Crippen molar-refractivity contribution in [2.45, 2.75) is 119 Å². The van der Waals surface area contributed by atoms with Gasteiger partial charge in [-0.15, -0.1) is 0 Å². The van der Waals surface area contributed by atoms with Crippen LogP contribution in [0.1, 0.15) is 130 Å². The Bertz CT molecular complexity index is 2530. The van der Waals surface area contributed by atoms with Crippen molar-refractivity contribution in [3.8, 4) is 45.6 Å². The number of ether oxygens (including phenoxy) is 2. The molecule has 0 radical (unpaired) electrons. The number of benzene rings is 6. The first-order valence-electron chi connectivity index (χ1n) is 20.4. The summed E-state index contributed by atoms with van der Waals surface area (Å²) in [6.07, 6.45) is 0. The molecule has 0 spiro atoms. The summed E-state index contributed by atoms with van der Waals surface area (Å²) in [4.78, 5) is 24.9. The molecule has 0 aliphatic carbocycles. The zero-order valence-electron chi connectivity index (χ0n) is 37.5. The van der Waals surface area contributed by atoms with Crippen LogP contribution in [0.3, 0.4) is 0 Å². The van der Waals surface area contributed by atoms with Gasteiger partial charge in [-0.25, -0.2) is 0 Å². The van der Waals surface area contributed by atoms with E-state index >= 15 is 0 Å². The highest BCUT2D eigenvalue weighted by Crippen LogP contribution is 2.46. The summed E-state index contributed by atoms with van der Waals surface area (Å²) in [7, 11) is 0. The maximum atomic E-state index is 12.5. The Morgan fingerprint density at radius 3 is 1.12 bits per heavy atom. The van der Waals surface area contributed by atoms with Crippen LogP contribution < -0.4 is 9.47 Å². The zero-order chi connectivity index (χ0) is 44.3. The van der Waals surface area contributed by atoms with E-state index in [1.165, 1.54) is 13.8 Å². The van der Waals surface area contributed by atoms with Crippen LogP contribution in [0.5, 0.6) is 11.5 Å². The van der Waals surface area contributed by atoms with E-state index in [2.05, 4.69) is 225 Å². The molecule has 4 nitrogen and oxygen atoms in total. The van der Waals surface area contributed by atoms with Crippen LogP contribution in [0.15, 0.2) is 84.9 Å². The zero-order valence-corrected chi connectivity index (χ0v) is 41.8. The van der Waals surface area contributed by atoms with Crippen molar-refractivity contribution in [1.29, 1.82) is 0 Å². The Kier molecular flexibility index (Phi) is 12.5. The van der Waals surface area contributed by atoms with E-state index in [0.717, 1.165) is 84.3 Å². The molecule has 0 unspecified atom stereocenters. The highest BCUT2D eigenvalue weighted by atomic mass is 127. The van der Waals surface area contributed by atoms with Crippen molar-refractivity contribution in [2.75, 3.05) is 0 Å². The highest BCUT2D eigenvalue weighted by molar-refractivity contribution is 14.1. The molecule has 0 aliphatic rings. The molecule has 6 heteroatoms. The molecule has 6 rings (SSSR count). The molecule has 60 heavy (non-hydrogen) atoms. The van der Waals surface area contributed by atoms with Crippen LogP contribution >= 0.6 is 45.2 Å². The predicted molar refractivity (Wildman–Crippen MR) is 268 cm³/mol. The molecule has 6 aromatic carbocycles. The number of esters is 2. The summed E-state index contributed by atoms with van der Waals surface area (Å²) in [6.45, 7) is 28.9. The van der Waals surface area contributed by atoms with Gasteiger partial charge in [0, 0.05) is 54.4 Å². The van der Waals surface area contributed by atoms with Crippen molar-refractivity contribution in [2.24, 2.45) is 0 Å². The minimum absolute atomic E-state index is 0.290. The Hall–Kier alpha value is -4.20. The van der Waals surface area contributed by atoms with Crippen molar-refractivity contribution in [3.05, 3.63) is 125 Å². The van der Waals surface area contributed by atoms with E-state index in [1.807, 2.05) is 0 Å². The normalized spacial score (nSPS) is 12.3. The van der Waals surface area contributed by atoms with Crippen molar-refractivity contribution < 1.29 is 19.1 Å². The molecule has 0 fully saturated rings. The van der Waals surface area contributed by atoms with Gasteiger partial charge in [0.25, 0.3) is 0 Å². The summed E-state index contributed by atoms with van der Waals surface area (Å²) < 4.78 is 14.3. The van der Waals surface area contributed by atoms with Gasteiger partial charge in [0.15, 0.2) is 0 Å². The lowest BCUT2D eigenvalue weighted by molar-refractivity contribution is -0.133. The molecule has 0 atom stereocenters. The maximum absolute atomic E-state index is 12.5. The van der Waals surface area contributed by atoms with Crippen molar-refractivity contribution in [1.82, 2.24) is 0 Å². The molecule has 0 amide bonds. The van der Waals surface area contributed by atoms with E-state index < -0.39 is 0 Å². The first kappa shape index (κ1) is 45.3. The number of rotatable bonds is 4. The topological polar surface area (TPSA) is 52.6 Å². The molecule has 0 saturated heterocycles. The Morgan fingerprint density at radius 1 is 0.450 bits per heavy atom. The Balaban J connectivity index is 1.69. The third-order valence-electron chi connectivity index (χ3n) is 10.7. The first-order chi connectivity index (χ1) is 27.7. The van der Waals surface area contributed by atoms with Gasteiger partial charge in [-0.2, -0.15) is 0 Å². The van der Waals surface area contributed by atoms with Gasteiger partial charge in [-0.05, 0) is 171 Å². The molecule has 0 saturated carbocycles. The quantitative estimate of drug-likeness (QED) is 0.0580. The van der Waals surface area contributed by atoms with Gasteiger partial charge in [-0.3, -0.25) is 9.59 Å². The highest BCUT2D eigenvalue weighted by Gasteiger charge is 2.31. The van der Waals surface area contributed by atoms with E-state index in [-0.39, 0.29) is 33.6 Å². The molecule has 6 aromatic rings. The number of hydrogen-bond acceptors (Lipinski definition) is 4. The van der Waals surface area contributed by atoms with Gasteiger partial charge >= 0.3 is 11.9 Å². The van der Waals surface area contributed by atoms with Crippen LogP contribution in [0.25, 0.3) is 43.8 Å². The smallest absolute Gasteiger partial charge is 0.308 e. The fourth-order valence-electron chi connectivity index (χ4n) is 7.69. The van der Waals surface area contributed by atoms with Crippen LogP contribution in [-0.2, 0) is 31.2 Å². The lowest BCUT2D eigenvalue weighted by Crippen LogP contribution is -2.21. The van der Waals surface area contributed by atoms with Crippen LogP contribution in [0.2, 0.25) is 0 Å².